The highest BCUT2D eigenvalue weighted by Gasteiger charge is 2.39. The molecule has 2 aromatic rings. The third-order valence-electron chi connectivity index (χ3n) is 6.16. The summed E-state index contributed by atoms with van der Waals surface area (Å²) in [6.45, 7) is 0.189. The van der Waals surface area contributed by atoms with Crippen molar-refractivity contribution in [2.24, 2.45) is 0 Å². The fraction of sp³-hybridized carbons (Fsp3) is 0.318. The Labute approximate surface area is 179 Å². The summed E-state index contributed by atoms with van der Waals surface area (Å²) in [5.41, 5.74) is 3.71. The molecule has 3 aliphatic rings. The summed E-state index contributed by atoms with van der Waals surface area (Å²) in [5, 5.41) is 2.27. The van der Waals surface area contributed by atoms with Crippen LogP contribution in [0.5, 0.6) is 0 Å². The van der Waals surface area contributed by atoms with E-state index >= 15 is 0 Å². The van der Waals surface area contributed by atoms with Crippen LogP contribution in [0.3, 0.4) is 0 Å². The maximum Gasteiger partial charge on any atom is 0.261 e. The predicted octanol–water partition coefficient (Wildman–Crippen LogP) is 1.74. The van der Waals surface area contributed by atoms with Crippen molar-refractivity contribution in [1.82, 2.24) is 10.2 Å². The number of carbonyl (C=O) groups excluding carboxylic acids is 3. The Kier molecular flexibility index (Phi) is 4.58. The summed E-state index contributed by atoms with van der Waals surface area (Å²) >= 11 is 0. The smallest absolute Gasteiger partial charge is 0.261 e. The lowest BCUT2D eigenvalue weighted by Gasteiger charge is -2.29. The number of piperidine rings is 1. The molecule has 8 nitrogen and oxygen atoms in total. The number of nitrogens with one attached hydrogen (secondary N) is 2. The molecule has 5 rings (SSSR count). The lowest BCUT2D eigenvalue weighted by molar-refractivity contribution is -0.136. The maximum absolute atomic E-state index is 12.9. The Bertz CT molecular complexity index is 1240. The van der Waals surface area contributed by atoms with Crippen LogP contribution in [-0.4, -0.2) is 37.1 Å². The van der Waals surface area contributed by atoms with E-state index in [9.17, 15) is 22.8 Å². The van der Waals surface area contributed by atoms with Gasteiger partial charge in [-0.3, -0.25) is 24.4 Å². The number of aryl methyl sites for hydroxylation is 2. The summed E-state index contributed by atoms with van der Waals surface area (Å²) < 4.78 is 28.4. The van der Waals surface area contributed by atoms with Crippen LogP contribution in [0.4, 0.5) is 5.69 Å². The van der Waals surface area contributed by atoms with Gasteiger partial charge in [-0.1, -0.05) is 6.07 Å². The Balaban J connectivity index is 1.37. The lowest BCUT2D eigenvalue weighted by atomic mass is 10.0. The molecular weight excluding hydrogens is 418 g/mol. The van der Waals surface area contributed by atoms with Gasteiger partial charge in [0.15, 0.2) is 0 Å². The Morgan fingerprint density at radius 1 is 0.935 bits per heavy atom. The summed E-state index contributed by atoms with van der Waals surface area (Å²) in [5.74, 6) is -1.11. The van der Waals surface area contributed by atoms with Gasteiger partial charge in [0, 0.05) is 24.2 Å². The zero-order valence-corrected chi connectivity index (χ0v) is 17.5. The Morgan fingerprint density at radius 2 is 1.74 bits per heavy atom. The van der Waals surface area contributed by atoms with Crippen molar-refractivity contribution in [2.45, 2.75) is 49.6 Å². The zero-order chi connectivity index (χ0) is 21.8. The number of amides is 3. The van der Waals surface area contributed by atoms with Gasteiger partial charge in [-0.15, -0.1) is 0 Å². The second-order valence-corrected chi connectivity index (χ2v) is 9.84. The third-order valence-corrected chi connectivity index (χ3v) is 7.53. The number of benzene rings is 2. The fourth-order valence-electron chi connectivity index (χ4n) is 4.57. The average Bonchev–Trinajstić information content (AvgIpc) is 3.31. The first kappa shape index (κ1) is 19.7. The molecule has 2 heterocycles. The molecule has 1 aliphatic carbocycles. The normalized spacial score (nSPS) is 20.5. The quantitative estimate of drug-likeness (QED) is 0.705. The molecule has 1 unspecified atom stereocenters. The van der Waals surface area contributed by atoms with Crippen LogP contribution >= 0.6 is 0 Å². The molecule has 1 saturated heterocycles. The highest BCUT2D eigenvalue weighted by molar-refractivity contribution is 7.92. The van der Waals surface area contributed by atoms with Gasteiger partial charge in [-0.05, 0) is 72.7 Å². The van der Waals surface area contributed by atoms with Gasteiger partial charge in [0.2, 0.25) is 11.8 Å². The molecule has 160 valence electrons. The van der Waals surface area contributed by atoms with Gasteiger partial charge in [-0.25, -0.2) is 8.42 Å². The van der Waals surface area contributed by atoms with Crippen LogP contribution < -0.4 is 10.0 Å². The van der Waals surface area contributed by atoms with Gasteiger partial charge >= 0.3 is 0 Å². The van der Waals surface area contributed by atoms with Crippen LogP contribution in [0, 0.1) is 0 Å². The molecule has 2 aliphatic heterocycles. The average molecular weight is 439 g/mol. The van der Waals surface area contributed by atoms with E-state index in [2.05, 4.69) is 10.0 Å². The molecule has 2 aromatic carbocycles. The minimum absolute atomic E-state index is 0.183. The molecule has 2 N–H and O–H groups in total. The molecule has 0 aromatic heterocycles. The minimum Gasteiger partial charge on any atom is -0.322 e. The number of rotatable bonds is 4. The topological polar surface area (TPSA) is 113 Å². The molecule has 9 heteroatoms. The van der Waals surface area contributed by atoms with Crippen LogP contribution in [0.15, 0.2) is 41.3 Å². The highest BCUT2D eigenvalue weighted by atomic mass is 32.2. The summed E-state index contributed by atoms with van der Waals surface area (Å²) in [6.07, 6.45) is 3.36. The molecule has 1 fully saturated rings. The number of anilines is 1. The number of nitrogens with zero attached hydrogens (tertiary/aromatic N) is 1. The van der Waals surface area contributed by atoms with E-state index in [1.807, 2.05) is 6.07 Å². The fourth-order valence-corrected chi connectivity index (χ4v) is 5.67. The van der Waals surface area contributed by atoms with E-state index in [4.69, 9.17) is 0 Å². The van der Waals surface area contributed by atoms with Crippen molar-refractivity contribution in [3.8, 4) is 0 Å². The first-order valence-electron chi connectivity index (χ1n) is 10.2. The highest BCUT2D eigenvalue weighted by Crippen LogP contribution is 2.31. The standard InChI is InChI=1S/C22H21N3O5S/c26-20-9-8-19(21(27)23-20)25-12-15-10-16(5-7-18(15)22(25)28)24-31(29,30)17-6-4-13-2-1-3-14(13)11-17/h4-7,10-11,19,24H,1-3,8-9,12H2,(H,23,26,27). The number of fused-ring (bicyclic) bond motifs is 2. The molecule has 0 spiro atoms. The van der Waals surface area contributed by atoms with Crippen LogP contribution in [-0.2, 0) is 39.0 Å². The van der Waals surface area contributed by atoms with Crippen molar-refractivity contribution in [3.05, 3.63) is 58.7 Å². The first-order valence-corrected chi connectivity index (χ1v) is 11.7. The molecule has 0 saturated carbocycles. The number of imide groups is 1. The van der Waals surface area contributed by atoms with E-state index in [0.717, 1.165) is 24.8 Å². The zero-order valence-electron chi connectivity index (χ0n) is 16.7. The van der Waals surface area contributed by atoms with Gasteiger partial charge < -0.3 is 4.90 Å². The van der Waals surface area contributed by atoms with Crippen molar-refractivity contribution in [1.29, 1.82) is 0 Å². The lowest BCUT2D eigenvalue weighted by Crippen LogP contribution is -2.52. The maximum atomic E-state index is 12.9. The van der Waals surface area contributed by atoms with Crippen molar-refractivity contribution < 1.29 is 22.8 Å². The first-order chi connectivity index (χ1) is 14.8. The van der Waals surface area contributed by atoms with Crippen molar-refractivity contribution in [2.75, 3.05) is 4.72 Å². The monoisotopic (exact) mass is 439 g/mol. The Hall–Kier alpha value is -3.20. The summed E-state index contributed by atoms with van der Waals surface area (Å²) in [4.78, 5) is 38.0. The summed E-state index contributed by atoms with van der Waals surface area (Å²) in [6, 6.07) is 9.27. The number of sulfonamides is 1. The second kappa shape index (κ2) is 7.19. The van der Waals surface area contributed by atoms with E-state index in [1.165, 1.54) is 10.5 Å². The van der Waals surface area contributed by atoms with E-state index in [-0.39, 0.29) is 36.1 Å². The van der Waals surface area contributed by atoms with Gasteiger partial charge in [0.25, 0.3) is 15.9 Å². The van der Waals surface area contributed by atoms with E-state index in [0.29, 0.717) is 16.8 Å². The largest absolute Gasteiger partial charge is 0.322 e. The predicted molar refractivity (Wildman–Crippen MR) is 112 cm³/mol. The molecule has 0 radical (unpaired) electrons. The molecule has 31 heavy (non-hydrogen) atoms. The second-order valence-electron chi connectivity index (χ2n) is 8.16. The van der Waals surface area contributed by atoms with Crippen LogP contribution in [0.25, 0.3) is 0 Å². The number of carbonyl (C=O) groups is 3. The van der Waals surface area contributed by atoms with E-state index in [1.54, 1.807) is 30.3 Å². The SMILES string of the molecule is O=C1CCC(N2Cc3cc(NS(=O)(=O)c4ccc5c(c4)CCC5)ccc3C2=O)C(=O)N1. The van der Waals surface area contributed by atoms with Gasteiger partial charge in [-0.2, -0.15) is 0 Å². The van der Waals surface area contributed by atoms with Crippen molar-refractivity contribution in [3.63, 3.8) is 0 Å². The minimum atomic E-state index is -3.76. The van der Waals surface area contributed by atoms with Gasteiger partial charge in [0.05, 0.1) is 4.90 Å². The van der Waals surface area contributed by atoms with Gasteiger partial charge in [0.1, 0.15) is 6.04 Å². The van der Waals surface area contributed by atoms with Crippen LogP contribution in [0.2, 0.25) is 0 Å². The molecule has 1 atom stereocenters. The molecule has 3 amide bonds. The molecule has 0 bridgehead atoms. The number of hydrogen-bond donors (Lipinski definition) is 2. The number of hydrogen-bond acceptors (Lipinski definition) is 5. The summed E-state index contributed by atoms with van der Waals surface area (Å²) in [7, 11) is -3.76. The van der Waals surface area contributed by atoms with Crippen LogP contribution in [0.1, 0.15) is 46.3 Å². The molecular formula is C22H21N3O5S. The third kappa shape index (κ3) is 3.48. The Morgan fingerprint density at radius 3 is 2.55 bits per heavy atom. The van der Waals surface area contributed by atoms with Crippen molar-refractivity contribution >= 4 is 33.4 Å². The van der Waals surface area contributed by atoms with E-state index < -0.39 is 22.0 Å².